The zero-order valence-corrected chi connectivity index (χ0v) is 13.5. The van der Waals surface area contributed by atoms with Gasteiger partial charge in [-0.1, -0.05) is 33.8 Å². The van der Waals surface area contributed by atoms with Gasteiger partial charge in [-0.05, 0) is 30.8 Å². The minimum atomic E-state index is 0.296. The highest BCUT2D eigenvalue weighted by Crippen LogP contribution is 2.26. The van der Waals surface area contributed by atoms with Crippen molar-refractivity contribution in [2.75, 3.05) is 20.1 Å². The molecule has 0 fully saturated rings. The van der Waals surface area contributed by atoms with Gasteiger partial charge in [-0.25, -0.2) is 0 Å². The molecule has 1 N–H and O–H groups in total. The summed E-state index contributed by atoms with van der Waals surface area (Å²) in [5.74, 6) is 0. The Kier molecular flexibility index (Phi) is 5.83. The lowest BCUT2D eigenvalue weighted by atomic mass is 9.92. The summed E-state index contributed by atoms with van der Waals surface area (Å²) in [6.07, 6.45) is 0. The van der Waals surface area contributed by atoms with Crippen LogP contribution in [0.1, 0.15) is 45.5 Å². The summed E-state index contributed by atoms with van der Waals surface area (Å²) in [5.41, 5.74) is 0.296. The maximum Gasteiger partial charge on any atom is 0.0410 e. The third-order valence-electron chi connectivity index (χ3n) is 3.28. The number of nitrogens with zero attached hydrogens (tertiary/aromatic N) is 1. The van der Waals surface area contributed by atoms with Crippen LogP contribution in [-0.4, -0.2) is 31.1 Å². The van der Waals surface area contributed by atoms with Crippen molar-refractivity contribution in [3.63, 3.8) is 0 Å². The fraction of sp³-hybridized carbons (Fsp3) is 0.733. The van der Waals surface area contributed by atoms with Gasteiger partial charge in [0.15, 0.2) is 0 Å². The Morgan fingerprint density at radius 2 is 2.00 bits per heavy atom. The first-order chi connectivity index (χ1) is 8.32. The predicted molar refractivity (Wildman–Crippen MR) is 82.3 cm³/mol. The van der Waals surface area contributed by atoms with E-state index in [2.05, 4.69) is 69.4 Å². The Morgan fingerprint density at radius 3 is 2.50 bits per heavy atom. The Morgan fingerprint density at radius 1 is 1.33 bits per heavy atom. The van der Waals surface area contributed by atoms with Crippen LogP contribution in [0.2, 0.25) is 0 Å². The minimum absolute atomic E-state index is 0.296. The van der Waals surface area contributed by atoms with Gasteiger partial charge in [0.25, 0.3) is 0 Å². The van der Waals surface area contributed by atoms with Gasteiger partial charge in [0, 0.05) is 30.1 Å². The fourth-order valence-electron chi connectivity index (χ4n) is 2.09. The van der Waals surface area contributed by atoms with E-state index < -0.39 is 0 Å². The Labute approximate surface area is 116 Å². The lowest BCUT2D eigenvalue weighted by molar-refractivity contribution is 0.165. The van der Waals surface area contributed by atoms with Crippen molar-refractivity contribution in [2.24, 2.45) is 5.41 Å². The molecule has 1 unspecified atom stereocenters. The van der Waals surface area contributed by atoms with Gasteiger partial charge in [0.05, 0.1) is 0 Å². The van der Waals surface area contributed by atoms with E-state index >= 15 is 0 Å². The normalized spacial score (nSPS) is 14.4. The van der Waals surface area contributed by atoms with E-state index in [9.17, 15) is 0 Å². The Balaban J connectivity index is 2.50. The fourth-order valence-corrected chi connectivity index (χ4v) is 2.94. The molecule has 1 rings (SSSR count). The van der Waals surface area contributed by atoms with Gasteiger partial charge in [-0.2, -0.15) is 0 Å². The first-order valence-electron chi connectivity index (χ1n) is 6.79. The van der Waals surface area contributed by atoms with Gasteiger partial charge < -0.3 is 5.32 Å². The second-order valence-electron chi connectivity index (χ2n) is 6.31. The van der Waals surface area contributed by atoms with E-state index in [1.165, 1.54) is 4.88 Å². The monoisotopic (exact) mass is 268 g/mol. The summed E-state index contributed by atoms with van der Waals surface area (Å²) in [6.45, 7) is 13.5. The Bertz CT molecular complexity index is 330. The third kappa shape index (κ3) is 5.09. The van der Waals surface area contributed by atoms with Crippen LogP contribution >= 0.6 is 11.3 Å². The van der Waals surface area contributed by atoms with Crippen molar-refractivity contribution in [1.82, 2.24) is 10.2 Å². The van der Waals surface area contributed by atoms with Gasteiger partial charge >= 0.3 is 0 Å². The molecule has 1 heterocycles. The second kappa shape index (κ2) is 6.69. The summed E-state index contributed by atoms with van der Waals surface area (Å²) < 4.78 is 0. The number of rotatable bonds is 7. The molecule has 1 atom stereocenters. The average molecular weight is 268 g/mol. The van der Waals surface area contributed by atoms with Crippen LogP contribution in [0.3, 0.4) is 0 Å². The van der Waals surface area contributed by atoms with Crippen LogP contribution in [0.15, 0.2) is 17.5 Å². The van der Waals surface area contributed by atoms with Crippen LogP contribution < -0.4 is 5.32 Å². The summed E-state index contributed by atoms with van der Waals surface area (Å²) in [6, 6.07) is 5.42. The summed E-state index contributed by atoms with van der Waals surface area (Å²) in [7, 11) is 2.22. The zero-order chi connectivity index (χ0) is 13.8. The summed E-state index contributed by atoms with van der Waals surface area (Å²) in [4.78, 5) is 3.90. The molecule has 2 nitrogen and oxygen atoms in total. The first kappa shape index (κ1) is 15.7. The molecule has 0 aliphatic heterocycles. The van der Waals surface area contributed by atoms with Gasteiger partial charge in [-0.15, -0.1) is 11.3 Å². The van der Waals surface area contributed by atoms with Crippen molar-refractivity contribution in [1.29, 1.82) is 0 Å². The van der Waals surface area contributed by atoms with Crippen molar-refractivity contribution < 1.29 is 0 Å². The molecule has 0 spiro atoms. The number of thiophene rings is 1. The molecule has 1 aromatic rings. The van der Waals surface area contributed by atoms with Crippen molar-refractivity contribution in [2.45, 2.75) is 46.7 Å². The largest absolute Gasteiger partial charge is 0.314 e. The quantitative estimate of drug-likeness (QED) is 0.810. The van der Waals surface area contributed by atoms with Gasteiger partial charge in [0.1, 0.15) is 0 Å². The summed E-state index contributed by atoms with van der Waals surface area (Å²) >= 11 is 1.85. The highest BCUT2D eigenvalue weighted by atomic mass is 32.1. The van der Waals surface area contributed by atoms with Crippen LogP contribution in [-0.2, 0) is 0 Å². The third-order valence-corrected chi connectivity index (χ3v) is 4.32. The smallest absolute Gasteiger partial charge is 0.0410 e. The molecule has 104 valence electrons. The van der Waals surface area contributed by atoms with Gasteiger partial charge in [0.2, 0.25) is 0 Å². The molecule has 0 radical (unpaired) electrons. The molecule has 1 aromatic heterocycles. The van der Waals surface area contributed by atoms with Crippen molar-refractivity contribution in [3.8, 4) is 0 Å². The Hall–Kier alpha value is -0.380. The van der Waals surface area contributed by atoms with Crippen LogP contribution in [0.25, 0.3) is 0 Å². The molecular weight excluding hydrogens is 240 g/mol. The predicted octanol–water partition coefficient (Wildman–Crippen LogP) is 3.77. The topological polar surface area (TPSA) is 15.3 Å². The molecule has 0 aliphatic carbocycles. The molecule has 3 heteroatoms. The average Bonchev–Trinajstić information content (AvgIpc) is 2.78. The highest BCUT2D eigenvalue weighted by Gasteiger charge is 2.23. The van der Waals surface area contributed by atoms with E-state index in [1.54, 1.807) is 0 Å². The van der Waals surface area contributed by atoms with E-state index in [1.807, 2.05) is 11.3 Å². The molecule has 18 heavy (non-hydrogen) atoms. The lowest BCUT2D eigenvalue weighted by Crippen LogP contribution is -2.41. The van der Waals surface area contributed by atoms with Crippen LogP contribution in [0, 0.1) is 5.41 Å². The molecule has 0 aliphatic rings. The summed E-state index contributed by atoms with van der Waals surface area (Å²) in [5, 5.41) is 5.70. The molecule has 0 saturated carbocycles. The standard InChI is InChI=1S/C15H28N2S/c1-12(2)16-10-15(4,5)11-17(6)13(3)14-8-7-9-18-14/h7-9,12-13,16H,10-11H2,1-6H3. The molecule has 0 saturated heterocycles. The molecule has 0 amide bonds. The van der Waals surface area contributed by atoms with Crippen LogP contribution in [0.4, 0.5) is 0 Å². The SMILES string of the molecule is CC(C)NCC(C)(C)CN(C)C(C)c1cccs1. The maximum atomic E-state index is 3.54. The molecule has 0 aromatic carbocycles. The first-order valence-corrected chi connectivity index (χ1v) is 7.67. The van der Waals surface area contributed by atoms with Gasteiger partial charge in [-0.3, -0.25) is 4.90 Å². The van der Waals surface area contributed by atoms with Crippen molar-refractivity contribution in [3.05, 3.63) is 22.4 Å². The van der Waals surface area contributed by atoms with Crippen LogP contribution in [0.5, 0.6) is 0 Å². The second-order valence-corrected chi connectivity index (χ2v) is 7.29. The minimum Gasteiger partial charge on any atom is -0.314 e. The number of hydrogen-bond donors (Lipinski definition) is 1. The molecular formula is C15H28N2S. The number of hydrogen-bond acceptors (Lipinski definition) is 3. The molecule has 0 bridgehead atoms. The van der Waals surface area contributed by atoms with E-state index in [0.29, 0.717) is 17.5 Å². The zero-order valence-electron chi connectivity index (χ0n) is 12.7. The number of nitrogens with one attached hydrogen (secondary N) is 1. The lowest BCUT2D eigenvalue weighted by Gasteiger charge is -2.34. The van der Waals surface area contributed by atoms with E-state index in [0.717, 1.165) is 13.1 Å². The van der Waals surface area contributed by atoms with E-state index in [-0.39, 0.29) is 0 Å². The van der Waals surface area contributed by atoms with E-state index in [4.69, 9.17) is 0 Å². The maximum absolute atomic E-state index is 3.54. The van der Waals surface area contributed by atoms with Crippen molar-refractivity contribution >= 4 is 11.3 Å². The highest BCUT2D eigenvalue weighted by molar-refractivity contribution is 7.10.